The molecule has 0 atom stereocenters. The Morgan fingerprint density at radius 1 is 1.04 bits per heavy atom. The van der Waals surface area contributed by atoms with Crippen molar-refractivity contribution in [1.82, 2.24) is 4.90 Å². The van der Waals surface area contributed by atoms with Crippen LogP contribution >= 0.6 is 0 Å². The van der Waals surface area contributed by atoms with Gasteiger partial charge in [0.1, 0.15) is 5.75 Å². The van der Waals surface area contributed by atoms with Crippen molar-refractivity contribution in [3.63, 3.8) is 0 Å². The van der Waals surface area contributed by atoms with Crippen molar-refractivity contribution in [2.24, 2.45) is 0 Å². The number of hydrogen-bond acceptors (Lipinski definition) is 3. The summed E-state index contributed by atoms with van der Waals surface area (Å²) in [7, 11) is 4.92. The highest BCUT2D eigenvalue weighted by atomic mass is 16.5. The molecule has 0 fully saturated rings. The number of rotatable bonds is 5. The fourth-order valence-electron chi connectivity index (χ4n) is 2.16. The first-order valence-corrected chi connectivity index (χ1v) is 7.45. The van der Waals surface area contributed by atoms with Crippen molar-refractivity contribution in [2.45, 2.75) is 0 Å². The number of nitrogens with zero attached hydrogens (tertiary/aromatic N) is 1. The van der Waals surface area contributed by atoms with E-state index in [9.17, 15) is 9.59 Å². The van der Waals surface area contributed by atoms with Crippen LogP contribution in [-0.4, -0.2) is 37.9 Å². The molecule has 0 saturated carbocycles. The lowest BCUT2D eigenvalue weighted by molar-refractivity contribution is -0.111. The van der Waals surface area contributed by atoms with Crippen molar-refractivity contribution in [1.29, 1.82) is 0 Å². The molecule has 0 bridgehead atoms. The van der Waals surface area contributed by atoms with Crippen LogP contribution in [0.2, 0.25) is 0 Å². The number of carbonyl (C=O) groups excluding carboxylic acids is 2. The zero-order valence-electron chi connectivity index (χ0n) is 13.9. The highest BCUT2D eigenvalue weighted by molar-refractivity contribution is 6.07. The van der Waals surface area contributed by atoms with Crippen molar-refractivity contribution in [3.05, 3.63) is 65.7 Å². The first-order chi connectivity index (χ1) is 11.5. The van der Waals surface area contributed by atoms with E-state index in [0.29, 0.717) is 17.0 Å². The molecule has 0 aliphatic heterocycles. The molecule has 0 saturated heterocycles. The Bertz CT molecular complexity index is 767. The van der Waals surface area contributed by atoms with Crippen molar-refractivity contribution in [3.8, 4) is 5.75 Å². The molecule has 24 heavy (non-hydrogen) atoms. The summed E-state index contributed by atoms with van der Waals surface area (Å²) >= 11 is 0. The Morgan fingerprint density at radius 2 is 1.71 bits per heavy atom. The number of ether oxygens (including phenoxy) is 1. The van der Waals surface area contributed by atoms with E-state index >= 15 is 0 Å². The molecule has 124 valence electrons. The zero-order valence-corrected chi connectivity index (χ0v) is 13.9. The third-order valence-corrected chi connectivity index (χ3v) is 3.37. The fraction of sp³-hybridized carbons (Fsp3) is 0.158. The molecule has 1 N–H and O–H groups in total. The van der Waals surface area contributed by atoms with E-state index in [0.717, 1.165) is 5.56 Å². The van der Waals surface area contributed by atoms with Crippen LogP contribution in [0.5, 0.6) is 5.75 Å². The number of benzene rings is 2. The average molecular weight is 324 g/mol. The molecule has 0 radical (unpaired) electrons. The Morgan fingerprint density at radius 3 is 2.42 bits per heavy atom. The zero-order chi connectivity index (χ0) is 17.5. The largest absolute Gasteiger partial charge is 0.496 e. The Balaban J connectivity index is 2.16. The molecule has 2 aromatic carbocycles. The number of amides is 2. The average Bonchev–Trinajstić information content (AvgIpc) is 2.60. The minimum atomic E-state index is -0.320. The Kier molecular flexibility index (Phi) is 5.73. The lowest BCUT2D eigenvalue weighted by Gasteiger charge is -2.14. The highest BCUT2D eigenvalue weighted by Crippen LogP contribution is 2.19. The molecule has 0 spiro atoms. The highest BCUT2D eigenvalue weighted by Gasteiger charge is 2.13. The van der Waals surface area contributed by atoms with Crippen LogP contribution in [0, 0.1) is 0 Å². The first-order valence-electron chi connectivity index (χ1n) is 7.45. The predicted molar refractivity (Wildman–Crippen MR) is 95.1 cm³/mol. The Labute approximate surface area is 141 Å². The lowest BCUT2D eigenvalue weighted by Crippen LogP contribution is -2.23. The summed E-state index contributed by atoms with van der Waals surface area (Å²) in [5.41, 5.74) is 1.72. The van der Waals surface area contributed by atoms with Gasteiger partial charge < -0.3 is 15.0 Å². The summed E-state index contributed by atoms with van der Waals surface area (Å²) in [6.07, 6.45) is 3.08. The van der Waals surface area contributed by atoms with Gasteiger partial charge in [-0.2, -0.15) is 0 Å². The number of anilines is 1. The van der Waals surface area contributed by atoms with Crippen molar-refractivity contribution in [2.75, 3.05) is 26.5 Å². The summed E-state index contributed by atoms with van der Waals surface area (Å²) in [5.74, 6) is 0.198. The maximum Gasteiger partial charge on any atom is 0.255 e. The molecule has 0 unspecified atom stereocenters. The number of nitrogens with one attached hydrogen (secondary N) is 1. The molecule has 0 aliphatic carbocycles. The van der Waals surface area contributed by atoms with E-state index in [1.165, 1.54) is 11.0 Å². The van der Waals surface area contributed by atoms with Gasteiger partial charge in [-0.3, -0.25) is 9.59 Å². The predicted octanol–water partition coefficient (Wildman–Crippen LogP) is 3.05. The van der Waals surface area contributed by atoms with Crippen LogP contribution in [0.4, 0.5) is 5.69 Å². The van der Waals surface area contributed by atoms with Crippen LogP contribution in [0.15, 0.2) is 54.6 Å². The van der Waals surface area contributed by atoms with Gasteiger partial charge in [0.05, 0.1) is 18.4 Å². The molecule has 2 rings (SSSR count). The molecule has 0 aromatic heterocycles. The lowest BCUT2D eigenvalue weighted by atomic mass is 10.1. The van der Waals surface area contributed by atoms with E-state index in [-0.39, 0.29) is 11.8 Å². The van der Waals surface area contributed by atoms with Gasteiger partial charge in [-0.05, 0) is 24.3 Å². The van der Waals surface area contributed by atoms with Crippen molar-refractivity contribution < 1.29 is 14.3 Å². The summed E-state index contributed by atoms with van der Waals surface area (Å²) < 4.78 is 5.24. The van der Waals surface area contributed by atoms with E-state index in [2.05, 4.69) is 5.32 Å². The van der Waals surface area contributed by atoms with Crippen LogP contribution in [0.1, 0.15) is 15.9 Å². The second kappa shape index (κ2) is 7.97. The van der Waals surface area contributed by atoms with E-state index < -0.39 is 0 Å². The summed E-state index contributed by atoms with van der Waals surface area (Å²) in [6.45, 7) is 0. The standard InChI is InChI=1S/C19H20N2O3/c1-21(2)19(23)15-9-5-6-10-16(15)20-18(22)13-12-14-8-4-7-11-17(14)24-3/h4-13H,1-3H3,(H,20,22). The van der Waals surface area contributed by atoms with Crippen LogP contribution < -0.4 is 10.1 Å². The molecule has 5 nitrogen and oxygen atoms in total. The SMILES string of the molecule is COc1ccccc1C=CC(=O)Nc1ccccc1C(=O)N(C)C. The minimum absolute atomic E-state index is 0.167. The molecule has 0 heterocycles. The molecule has 2 amide bonds. The number of para-hydroxylation sites is 2. The van der Waals surface area contributed by atoms with Gasteiger partial charge >= 0.3 is 0 Å². The normalized spacial score (nSPS) is 10.5. The van der Waals surface area contributed by atoms with Gasteiger partial charge in [-0.15, -0.1) is 0 Å². The number of carbonyl (C=O) groups is 2. The van der Waals surface area contributed by atoms with Crippen LogP contribution in [-0.2, 0) is 4.79 Å². The van der Waals surface area contributed by atoms with E-state index in [4.69, 9.17) is 4.74 Å². The summed E-state index contributed by atoms with van der Waals surface area (Å²) in [5, 5.41) is 2.74. The van der Waals surface area contributed by atoms with Gasteiger partial charge in [-0.1, -0.05) is 30.3 Å². The van der Waals surface area contributed by atoms with Gasteiger partial charge in [0.25, 0.3) is 5.91 Å². The topological polar surface area (TPSA) is 58.6 Å². The molecule has 0 aliphatic rings. The molecular formula is C19H20N2O3. The smallest absolute Gasteiger partial charge is 0.255 e. The maximum absolute atomic E-state index is 12.2. The van der Waals surface area contributed by atoms with Crippen molar-refractivity contribution >= 4 is 23.6 Å². The quantitative estimate of drug-likeness (QED) is 0.860. The Hall–Kier alpha value is -3.08. The van der Waals surface area contributed by atoms with Crippen LogP contribution in [0.3, 0.4) is 0 Å². The van der Waals surface area contributed by atoms with Gasteiger partial charge in [0.15, 0.2) is 0 Å². The molecule has 5 heteroatoms. The second-order valence-corrected chi connectivity index (χ2v) is 5.31. The fourth-order valence-corrected chi connectivity index (χ4v) is 2.16. The molecular weight excluding hydrogens is 304 g/mol. The summed E-state index contributed by atoms with van der Waals surface area (Å²) in [4.78, 5) is 25.8. The van der Waals surface area contributed by atoms with E-state index in [1.807, 2.05) is 24.3 Å². The second-order valence-electron chi connectivity index (χ2n) is 5.31. The number of methoxy groups -OCH3 is 1. The minimum Gasteiger partial charge on any atom is -0.496 e. The maximum atomic E-state index is 12.2. The third kappa shape index (κ3) is 4.23. The van der Waals surface area contributed by atoms with Gasteiger partial charge in [0, 0.05) is 25.7 Å². The molecule has 2 aromatic rings. The third-order valence-electron chi connectivity index (χ3n) is 3.37. The van der Waals surface area contributed by atoms with Gasteiger partial charge in [0.2, 0.25) is 5.91 Å². The van der Waals surface area contributed by atoms with Gasteiger partial charge in [-0.25, -0.2) is 0 Å². The van der Waals surface area contributed by atoms with E-state index in [1.54, 1.807) is 51.5 Å². The first kappa shape index (κ1) is 17.3. The van der Waals surface area contributed by atoms with Crippen LogP contribution in [0.25, 0.3) is 6.08 Å². The summed E-state index contributed by atoms with van der Waals surface area (Å²) in [6, 6.07) is 14.3. The monoisotopic (exact) mass is 324 g/mol. The number of hydrogen-bond donors (Lipinski definition) is 1.